The van der Waals surface area contributed by atoms with Crippen LogP contribution in [0.5, 0.6) is 0 Å². The Morgan fingerprint density at radius 3 is 1.62 bits per heavy atom. The van der Waals surface area contributed by atoms with Crippen molar-refractivity contribution in [1.82, 2.24) is 9.80 Å². The van der Waals surface area contributed by atoms with Gasteiger partial charge in [-0.3, -0.25) is 0 Å². The lowest BCUT2D eigenvalue weighted by atomic mass is 10.0. The topological polar surface area (TPSA) is 6.48 Å². The van der Waals surface area contributed by atoms with Crippen molar-refractivity contribution in [2.24, 2.45) is 0 Å². The molecule has 0 saturated carbocycles. The van der Waals surface area contributed by atoms with E-state index in [4.69, 9.17) is 0 Å². The Labute approximate surface area is 95.1 Å². The molecular formula is C14H14N2. The average molecular weight is 210 g/mol. The smallest absolute Gasteiger partial charge is 0.0117 e. The van der Waals surface area contributed by atoms with Gasteiger partial charge in [0.15, 0.2) is 0 Å². The van der Waals surface area contributed by atoms with E-state index in [0.717, 1.165) is 0 Å². The molecule has 0 spiro atoms. The Kier molecular flexibility index (Phi) is 1.90. The normalized spacial score (nSPS) is 16.4. The third kappa shape index (κ3) is 1.34. The van der Waals surface area contributed by atoms with E-state index in [1.807, 2.05) is 0 Å². The van der Waals surface area contributed by atoms with Gasteiger partial charge in [-0.15, -0.1) is 0 Å². The first kappa shape index (κ1) is 9.28. The second-order valence-corrected chi connectivity index (χ2v) is 4.29. The van der Waals surface area contributed by atoms with Crippen LogP contribution in [0.4, 0.5) is 0 Å². The molecule has 0 radical (unpaired) electrons. The predicted octanol–water partition coefficient (Wildman–Crippen LogP) is 0.995. The van der Waals surface area contributed by atoms with Gasteiger partial charge in [-0.2, -0.15) is 0 Å². The third-order valence-electron chi connectivity index (χ3n) is 3.00. The van der Waals surface area contributed by atoms with Crippen molar-refractivity contribution in [3.8, 4) is 0 Å². The van der Waals surface area contributed by atoms with Gasteiger partial charge in [0.2, 0.25) is 0 Å². The quantitative estimate of drug-likeness (QED) is 0.630. The fraction of sp³-hybridized carbons (Fsp3) is 0.143. The van der Waals surface area contributed by atoms with Crippen LogP contribution < -0.4 is 10.4 Å². The van der Waals surface area contributed by atoms with Crippen LogP contribution in [0, 0.1) is 0 Å². The van der Waals surface area contributed by atoms with E-state index in [2.05, 4.69) is 73.0 Å². The van der Waals surface area contributed by atoms with E-state index in [-0.39, 0.29) is 0 Å². The second kappa shape index (κ2) is 3.27. The van der Waals surface area contributed by atoms with Crippen LogP contribution >= 0.6 is 0 Å². The van der Waals surface area contributed by atoms with Crippen molar-refractivity contribution in [3.05, 3.63) is 46.1 Å². The Morgan fingerprint density at radius 2 is 1.19 bits per heavy atom. The molecule has 3 rings (SSSR count). The van der Waals surface area contributed by atoms with Crippen LogP contribution in [0.15, 0.2) is 24.5 Å². The van der Waals surface area contributed by atoms with Crippen LogP contribution in [0.25, 0.3) is 24.6 Å². The lowest BCUT2D eigenvalue weighted by Gasteiger charge is -2.17. The van der Waals surface area contributed by atoms with Gasteiger partial charge in [-0.1, -0.05) is 12.1 Å². The maximum atomic E-state index is 2.18. The summed E-state index contributed by atoms with van der Waals surface area (Å²) in [6, 6.07) is 4.36. The largest absolute Gasteiger partial charge is 0.357 e. The first-order valence-electron chi connectivity index (χ1n) is 5.41. The number of hydrogen-bond acceptors (Lipinski definition) is 2. The Hall–Kier alpha value is -1.96. The van der Waals surface area contributed by atoms with Crippen LogP contribution in [-0.2, 0) is 0 Å². The summed E-state index contributed by atoms with van der Waals surface area (Å²) < 4.78 is 0. The van der Waals surface area contributed by atoms with Gasteiger partial charge < -0.3 is 9.80 Å². The van der Waals surface area contributed by atoms with Crippen LogP contribution in [0.3, 0.4) is 0 Å². The number of nitrogens with zero attached hydrogens (tertiary/aromatic N) is 2. The third-order valence-corrected chi connectivity index (χ3v) is 3.00. The summed E-state index contributed by atoms with van der Waals surface area (Å²) in [5, 5.41) is 2.61. The van der Waals surface area contributed by atoms with Gasteiger partial charge in [-0.25, -0.2) is 0 Å². The lowest BCUT2D eigenvalue weighted by molar-refractivity contribution is 0.672. The fourth-order valence-corrected chi connectivity index (χ4v) is 2.14. The molecule has 0 unspecified atom stereocenters. The fourth-order valence-electron chi connectivity index (χ4n) is 2.14. The molecule has 0 fully saturated rings. The zero-order chi connectivity index (χ0) is 11.1. The predicted molar refractivity (Wildman–Crippen MR) is 68.2 cm³/mol. The SMILES string of the molecule is CN1C=Cc2ccc3c(c2=C1)=CN(C)C=C3. The van der Waals surface area contributed by atoms with E-state index in [9.17, 15) is 0 Å². The molecule has 0 aromatic heterocycles. The monoisotopic (exact) mass is 210 g/mol. The van der Waals surface area contributed by atoms with Crippen LogP contribution in [0.2, 0.25) is 0 Å². The number of rotatable bonds is 0. The molecule has 1 aromatic carbocycles. The second-order valence-electron chi connectivity index (χ2n) is 4.29. The van der Waals surface area contributed by atoms with Crippen LogP contribution in [-0.4, -0.2) is 23.9 Å². The number of fused-ring (bicyclic) bond motifs is 3. The van der Waals surface area contributed by atoms with Gasteiger partial charge in [0, 0.05) is 49.3 Å². The summed E-state index contributed by atoms with van der Waals surface area (Å²) in [4.78, 5) is 4.18. The highest BCUT2D eigenvalue weighted by Crippen LogP contribution is 2.07. The minimum absolute atomic E-state index is 1.29. The van der Waals surface area contributed by atoms with E-state index in [1.165, 1.54) is 21.6 Å². The Morgan fingerprint density at radius 1 is 0.750 bits per heavy atom. The van der Waals surface area contributed by atoms with Gasteiger partial charge in [0.05, 0.1) is 0 Å². The van der Waals surface area contributed by atoms with Crippen molar-refractivity contribution in [2.45, 2.75) is 0 Å². The summed E-state index contributed by atoms with van der Waals surface area (Å²) in [6.07, 6.45) is 12.8. The maximum absolute atomic E-state index is 2.18. The van der Waals surface area contributed by atoms with Gasteiger partial charge in [0.25, 0.3) is 0 Å². The van der Waals surface area contributed by atoms with Crippen molar-refractivity contribution < 1.29 is 0 Å². The molecule has 2 aliphatic heterocycles. The molecule has 2 heterocycles. The summed E-state index contributed by atoms with van der Waals surface area (Å²) in [6.45, 7) is 0. The molecule has 80 valence electrons. The average Bonchev–Trinajstić information content (AvgIpc) is 2.29. The molecule has 0 N–H and O–H groups in total. The molecular weight excluding hydrogens is 196 g/mol. The minimum Gasteiger partial charge on any atom is -0.357 e. The van der Waals surface area contributed by atoms with E-state index >= 15 is 0 Å². The van der Waals surface area contributed by atoms with Crippen LogP contribution in [0.1, 0.15) is 11.1 Å². The van der Waals surface area contributed by atoms with E-state index in [1.54, 1.807) is 0 Å². The zero-order valence-corrected chi connectivity index (χ0v) is 9.51. The van der Waals surface area contributed by atoms with Gasteiger partial charge in [0.1, 0.15) is 0 Å². The van der Waals surface area contributed by atoms with E-state index < -0.39 is 0 Å². The van der Waals surface area contributed by atoms with Crippen molar-refractivity contribution in [3.63, 3.8) is 0 Å². The lowest BCUT2D eigenvalue weighted by Crippen LogP contribution is -2.36. The molecule has 1 aromatic rings. The standard InChI is InChI=1S/C14H14N2/c1-15-7-5-11-3-4-12-6-8-16(2)10-14(12)13(11)9-15/h3-10H,1-2H3. The highest BCUT2D eigenvalue weighted by Gasteiger charge is 2.06. The molecule has 0 amide bonds. The Balaban J connectivity index is 2.40. The van der Waals surface area contributed by atoms with Crippen molar-refractivity contribution in [2.75, 3.05) is 14.1 Å². The molecule has 2 aliphatic rings. The van der Waals surface area contributed by atoms with E-state index in [0.29, 0.717) is 0 Å². The highest BCUT2D eigenvalue weighted by atomic mass is 15.1. The molecule has 2 heteroatoms. The first-order chi connectivity index (χ1) is 7.74. The molecule has 2 nitrogen and oxygen atoms in total. The van der Waals surface area contributed by atoms with Gasteiger partial charge >= 0.3 is 0 Å². The summed E-state index contributed by atoms with van der Waals surface area (Å²) in [5.41, 5.74) is 2.58. The molecule has 0 aliphatic carbocycles. The maximum Gasteiger partial charge on any atom is 0.0117 e. The molecule has 0 bridgehead atoms. The van der Waals surface area contributed by atoms with Crippen molar-refractivity contribution >= 4 is 24.6 Å². The Bertz CT molecular complexity index is 553. The highest BCUT2D eigenvalue weighted by molar-refractivity contribution is 5.64. The number of hydrogen-bond donors (Lipinski definition) is 0. The number of benzene rings is 1. The molecule has 16 heavy (non-hydrogen) atoms. The van der Waals surface area contributed by atoms with Crippen molar-refractivity contribution in [1.29, 1.82) is 0 Å². The zero-order valence-electron chi connectivity index (χ0n) is 9.51. The summed E-state index contributed by atoms with van der Waals surface area (Å²) >= 11 is 0. The summed E-state index contributed by atoms with van der Waals surface area (Å²) in [7, 11) is 4.11. The first-order valence-corrected chi connectivity index (χ1v) is 5.41. The summed E-state index contributed by atoms with van der Waals surface area (Å²) in [5.74, 6) is 0. The molecule has 0 atom stereocenters. The van der Waals surface area contributed by atoms with Gasteiger partial charge in [-0.05, 0) is 23.3 Å². The minimum atomic E-state index is 1.29. The molecule has 0 saturated heterocycles.